The quantitative estimate of drug-likeness (QED) is 0.0865. The molecule has 0 amide bonds. The Morgan fingerprint density at radius 2 is 0.864 bits per heavy atom. The van der Waals surface area contributed by atoms with E-state index >= 15 is 0 Å². The van der Waals surface area contributed by atoms with Gasteiger partial charge in [-0.3, -0.25) is 19.9 Å². The summed E-state index contributed by atoms with van der Waals surface area (Å²) in [5, 5.41) is 11.0. The van der Waals surface area contributed by atoms with Crippen molar-refractivity contribution >= 4 is 20.7 Å². The molecule has 4 aromatic heterocycles. The number of halogens is 12. The van der Waals surface area contributed by atoms with Crippen LogP contribution in [0.4, 0.5) is 62.3 Å². The summed E-state index contributed by atoms with van der Waals surface area (Å²) in [6, 6.07) is 5.41. The fraction of sp³-hybridized carbons (Fsp3) is 0.410. The third kappa shape index (κ3) is 29.5. The largest absolute Gasteiger partial charge is 1.00 e. The number of aromatic nitrogens is 4. The van der Waals surface area contributed by atoms with Crippen LogP contribution in [0.2, 0.25) is 0 Å². The van der Waals surface area contributed by atoms with Gasteiger partial charge in [-0.2, -0.15) is 57.9 Å². The molecule has 4 heterocycles. The van der Waals surface area contributed by atoms with Crippen LogP contribution in [0, 0.1) is 11.3 Å². The summed E-state index contributed by atoms with van der Waals surface area (Å²) in [6.07, 6.45) is -11.4. The zero-order valence-electron chi connectivity index (χ0n) is 37.6. The van der Waals surface area contributed by atoms with E-state index in [0.717, 1.165) is 49.1 Å². The SMILES string of the molecule is CC(C)(C)OC(=O)OC(=O)OC(C)(C)C.CNCc1cncc(C(F)(F)F)c1.N#Cc1cncc(C(F)(F)F)c1.NCc1cncc(C(F)(F)F)c1.NCc1cncc(C(F)(F)F)c1.[B].[H-].[Na+]. The van der Waals surface area contributed by atoms with E-state index in [1.165, 1.54) is 18.6 Å². The average Bonchev–Trinajstić information content (AvgIpc) is 3.16. The van der Waals surface area contributed by atoms with Gasteiger partial charge < -0.3 is 32.4 Å². The van der Waals surface area contributed by atoms with Gasteiger partial charge in [0.2, 0.25) is 0 Å². The Kier molecular flexibility index (Phi) is 28.5. The topological polar surface area (TPSA) is 201 Å². The molecular weight excluding hydrogens is 922 g/mol. The zero-order valence-corrected chi connectivity index (χ0v) is 38.6. The number of pyridine rings is 4. The predicted molar refractivity (Wildman–Crippen MR) is 211 cm³/mol. The zero-order chi connectivity index (χ0) is 49.7. The Morgan fingerprint density at radius 3 is 1.14 bits per heavy atom. The van der Waals surface area contributed by atoms with Crippen molar-refractivity contribution in [3.05, 3.63) is 118 Å². The van der Waals surface area contributed by atoms with Crippen LogP contribution < -0.4 is 46.3 Å². The van der Waals surface area contributed by atoms with Gasteiger partial charge in [0, 0.05) is 77.6 Å². The molecule has 0 aliphatic carbocycles. The second-order valence-electron chi connectivity index (χ2n) is 14.3. The first-order valence-electron chi connectivity index (χ1n) is 17.8. The normalized spacial score (nSPS) is 11.2. The molecule has 0 atom stereocenters. The van der Waals surface area contributed by atoms with Gasteiger partial charge in [-0.1, -0.05) is 0 Å². The van der Waals surface area contributed by atoms with E-state index in [9.17, 15) is 62.3 Å². The van der Waals surface area contributed by atoms with Crippen LogP contribution in [-0.2, 0) is 58.6 Å². The van der Waals surface area contributed by atoms with Gasteiger partial charge in [-0.15, -0.1) is 0 Å². The number of ether oxygens (including phenoxy) is 3. The monoisotopic (exact) mass is 967 g/mol. The fourth-order valence-corrected chi connectivity index (χ4v) is 3.72. The molecule has 0 aliphatic heterocycles. The second-order valence-corrected chi connectivity index (χ2v) is 14.3. The number of alkyl halides is 12. The van der Waals surface area contributed by atoms with Crippen LogP contribution in [0.15, 0.2) is 73.8 Å². The van der Waals surface area contributed by atoms with Crippen molar-refractivity contribution in [3.8, 4) is 6.07 Å². The standard InChI is InChI=1S/C10H18O5.C8H9F3N2.2C7H7F3N2.C7H3F3N2.B.Na.H/c1-9(2,3)14-7(11)13-8(12)15-10(4,5)6;1-12-3-6-2-7(5-13-4-6)8(9,10)11;3*8-7(9,10)6-1-5(2-11)3-12-4-6;;;/h1-6H3;2,4-5,12H,3H2,1H3;2*1,3-4H,2,11H2;1,3-4H;;;/q;;;;;;+1;-1. The minimum absolute atomic E-state index is 0. The minimum Gasteiger partial charge on any atom is -1.00 e. The van der Waals surface area contributed by atoms with Crippen LogP contribution in [0.1, 0.15) is 87.5 Å². The Morgan fingerprint density at radius 1 is 0.576 bits per heavy atom. The van der Waals surface area contributed by atoms with Gasteiger partial charge in [0.15, 0.2) is 0 Å². The van der Waals surface area contributed by atoms with Crippen molar-refractivity contribution in [1.29, 1.82) is 5.26 Å². The van der Waals surface area contributed by atoms with Crippen LogP contribution in [0.5, 0.6) is 0 Å². The van der Waals surface area contributed by atoms with Crippen LogP contribution in [0.3, 0.4) is 0 Å². The number of carbonyl (C=O) groups is 2. The molecule has 13 nitrogen and oxygen atoms in total. The molecule has 66 heavy (non-hydrogen) atoms. The Labute approximate surface area is 397 Å². The predicted octanol–water partition coefficient (Wildman–Crippen LogP) is 6.52. The molecule has 0 aliphatic rings. The van der Waals surface area contributed by atoms with Gasteiger partial charge in [-0.05, 0) is 89.5 Å². The van der Waals surface area contributed by atoms with Crippen LogP contribution >= 0.6 is 0 Å². The summed E-state index contributed by atoms with van der Waals surface area (Å²) in [4.78, 5) is 35.7. The van der Waals surface area contributed by atoms with E-state index in [0.29, 0.717) is 29.4 Å². The molecule has 0 unspecified atom stereocenters. The maximum absolute atomic E-state index is 12.1. The van der Waals surface area contributed by atoms with Gasteiger partial charge in [-0.25, -0.2) is 9.59 Å². The van der Waals surface area contributed by atoms with E-state index in [1.54, 1.807) is 54.7 Å². The van der Waals surface area contributed by atoms with Crippen LogP contribution in [0.25, 0.3) is 0 Å². The Bertz CT molecular complexity index is 2030. The molecule has 0 saturated carbocycles. The first kappa shape index (κ1) is 65.2. The third-order valence-electron chi connectivity index (χ3n) is 6.36. The first-order chi connectivity index (χ1) is 29.1. The number of rotatable bonds is 4. The number of nitrogens with one attached hydrogen (secondary N) is 1. The maximum Gasteiger partial charge on any atom is 1.00 e. The first-order valence-corrected chi connectivity index (χ1v) is 17.8. The smallest absolute Gasteiger partial charge is 1.00 e. The molecule has 0 bridgehead atoms. The molecular formula is C39H45BF12N8NaO5. The number of nitrogens with zero attached hydrogens (tertiary/aromatic N) is 5. The van der Waals surface area contributed by atoms with E-state index in [2.05, 4.69) is 30.0 Å². The van der Waals surface area contributed by atoms with E-state index < -0.39 is 70.5 Å². The Hall–Kier alpha value is -5.07. The van der Waals surface area contributed by atoms with Gasteiger partial charge >= 0.3 is 66.6 Å². The van der Waals surface area contributed by atoms with Crippen molar-refractivity contribution in [1.82, 2.24) is 25.3 Å². The number of nitrogens with two attached hydrogens (primary N) is 2. The van der Waals surface area contributed by atoms with Gasteiger partial charge in [0.1, 0.15) is 17.3 Å². The molecule has 27 heteroatoms. The molecule has 5 N–H and O–H groups in total. The van der Waals surface area contributed by atoms with E-state index in [4.69, 9.17) is 26.2 Å². The summed E-state index contributed by atoms with van der Waals surface area (Å²) < 4.78 is 158. The molecule has 4 aromatic rings. The second kappa shape index (κ2) is 28.9. The molecule has 359 valence electrons. The van der Waals surface area contributed by atoms with E-state index in [-0.39, 0.29) is 58.0 Å². The minimum atomic E-state index is -4.43. The molecule has 0 fully saturated rings. The van der Waals surface area contributed by atoms with Crippen molar-refractivity contribution in [2.45, 2.75) is 97.1 Å². The number of hydrogen-bond acceptors (Lipinski definition) is 13. The van der Waals surface area contributed by atoms with Gasteiger partial charge in [0.25, 0.3) is 0 Å². The Balaban J connectivity index is -0.000000367. The molecule has 3 radical (unpaired) electrons. The summed E-state index contributed by atoms with van der Waals surface area (Å²) >= 11 is 0. The summed E-state index contributed by atoms with van der Waals surface area (Å²) in [5.41, 5.74) is 6.98. The van der Waals surface area contributed by atoms with Crippen molar-refractivity contribution in [2.75, 3.05) is 7.05 Å². The van der Waals surface area contributed by atoms with Crippen molar-refractivity contribution < 1.29 is 107 Å². The van der Waals surface area contributed by atoms with E-state index in [1.807, 2.05) is 0 Å². The number of carbonyl (C=O) groups excluding carboxylic acids is 2. The van der Waals surface area contributed by atoms with Crippen LogP contribution in [-0.4, -0.2) is 58.9 Å². The molecule has 4 rings (SSSR count). The van der Waals surface area contributed by atoms with Crippen molar-refractivity contribution in [3.63, 3.8) is 0 Å². The summed E-state index contributed by atoms with van der Waals surface area (Å²) in [5.74, 6) is 0. The summed E-state index contributed by atoms with van der Waals surface area (Å²) in [7, 11) is 1.67. The van der Waals surface area contributed by atoms with Crippen molar-refractivity contribution in [2.24, 2.45) is 11.5 Å². The molecule has 0 spiro atoms. The van der Waals surface area contributed by atoms with Gasteiger partial charge in [0.05, 0.1) is 27.8 Å². The average molecular weight is 968 g/mol. The third-order valence-corrected chi connectivity index (χ3v) is 6.36. The number of hydrogen-bond donors (Lipinski definition) is 3. The molecule has 0 saturated heterocycles. The fourth-order valence-electron chi connectivity index (χ4n) is 3.72. The molecule has 0 aromatic carbocycles. The summed E-state index contributed by atoms with van der Waals surface area (Å²) in [6.45, 7) is 10.5. The number of nitriles is 1. The maximum atomic E-state index is 12.1.